The van der Waals surface area contributed by atoms with Crippen LogP contribution in [0.4, 0.5) is 5.69 Å². The molecule has 0 heterocycles. The highest BCUT2D eigenvalue weighted by molar-refractivity contribution is 6.05. The number of carboxylic acids is 1. The van der Waals surface area contributed by atoms with Crippen LogP contribution in [0.15, 0.2) is 78.9 Å². The van der Waals surface area contributed by atoms with Gasteiger partial charge in [-0.05, 0) is 66.5 Å². The summed E-state index contributed by atoms with van der Waals surface area (Å²) in [7, 11) is 0. The van der Waals surface area contributed by atoms with Crippen LogP contribution in [-0.4, -0.2) is 17.0 Å². The monoisotopic (exact) mass is 399 g/mol. The Bertz CT molecular complexity index is 1020. The number of carboxylic acid groups (broad SMARTS) is 1. The molecule has 1 aliphatic carbocycles. The summed E-state index contributed by atoms with van der Waals surface area (Å²) >= 11 is 0. The lowest BCUT2D eigenvalue weighted by molar-refractivity contribution is -0.142. The van der Waals surface area contributed by atoms with Gasteiger partial charge in [-0.1, -0.05) is 60.7 Å². The van der Waals surface area contributed by atoms with Gasteiger partial charge in [0.25, 0.3) is 5.91 Å². The SMILES string of the molecule is O=C(Nc1ccccc1C1CCC(C(=O)O)CC1)c1ccc(-c2ccccc2)cc1. The van der Waals surface area contributed by atoms with Crippen LogP contribution in [0.25, 0.3) is 11.1 Å². The Kier molecular flexibility index (Phi) is 5.94. The van der Waals surface area contributed by atoms with Crippen molar-refractivity contribution in [1.29, 1.82) is 0 Å². The number of para-hydroxylation sites is 1. The van der Waals surface area contributed by atoms with Crippen LogP contribution in [-0.2, 0) is 4.79 Å². The van der Waals surface area contributed by atoms with Gasteiger partial charge >= 0.3 is 5.97 Å². The Hall–Kier alpha value is -3.40. The average molecular weight is 399 g/mol. The van der Waals surface area contributed by atoms with Gasteiger partial charge in [0.1, 0.15) is 0 Å². The van der Waals surface area contributed by atoms with E-state index in [1.807, 2.05) is 78.9 Å². The first-order valence-electron chi connectivity index (χ1n) is 10.4. The van der Waals surface area contributed by atoms with Crippen LogP contribution >= 0.6 is 0 Å². The summed E-state index contributed by atoms with van der Waals surface area (Å²) in [5.41, 5.74) is 4.71. The van der Waals surface area contributed by atoms with Crippen LogP contribution in [0.5, 0.6) is 0 Å². The molecule has 0 atom stereocenters. The highest BCUT2D eigenvalue weighted by Crippen LogP contribution is 2.38. The topological polar surface area (TPSA) is 66.4 Å². The van der Waals surface area contributed by atoms with Gasteiger partial charge in [0.05, 0.1) is 5.92 Å². The number of benzene rings is 3. The molecule has 1 aliphatic rings. The number of carbonyl (C=O) groups is 2. The van der Waals surface area contributed by atoms with E-state index in [-0.39, 0.29) is 17.7 Å². The molecule has 1 amide bonds. The van der Waals surface area contributed by atoms with E-state index in [4.69, 9.17) is 0 Å². The second-order valence-corrected chi connectivity index (χ2v) is 7.87. The van der Waals surface area contributed by atoms with Crippen molar-refractivity contribution in [2.24, 2.45) is 5.92 Å². The van der Waals surface area contributed by atoms with E-state index in [1.54, 1.807) is 0 Å². The Labute approximate surface area is 176 Å². The van der Waals surface area contributed by atoms with E-state index >= 15 is 0 Å². The molecule has 0 unspecified atom stereocenters. The number of rotatable bonds is 5. The van der Waals surface area contributed by atoms with Crippen LogP contribution in [0.3, 0.4) is 0 Å². The Morgan fingerprint density at radius 1 is 0.733 bits per heavy atom. The average Bonchev–Trinajstić information content (AvgIpc) is 2.80. The second kappa shape index (κ2) is 8.95. The molecule has 3 aromatic carbocycles. The van der Waals surface area contributed by atoms with Crippen LogP contribution < -0.4 is 5.32 Å². The van der Waals surface area contributed by atoms with Gasteiger partial charge in [0.15, 0.2) is 0 Å². The van der Waals surface area contributed by atoms with Gasteiger partial charge in [-0.3, -0.25) is 9.59 Å². The van der Waals surface area contributed by atoms with Crippen molar-refractivity contribution in [3.05, 3.63) is 90.0 Å². The number of carbonyl (C=O) groups excluding carboxylic acids is 1. The predicted molar refractivity (Wildman–Crippen MR) is 119 cm³/mol. The van der Waals surface area contributed by atoms with E-state index in [2.05, 4.69) is 5.32 Å². The minimum absolute atomic E-state index is 0.138. The Balaban J connectivity index is 1.47. The molecule has 4 nitrogen and oxygen atoms in total. The lowest BCUT2D eigenvalue weighted by atomic mass is 9.78. The molecule has 0 spiro atoms. The minimum Gasteiger partial charge on any atom is -0.481 e. The normalized spacial score (nSPS) is 18.5. The summed E-state index contributed by atoms with van der Waals surface area (Å²) in [6, 6.07) is 25.5. The van der Waals surface area contributed by atoms with Crippen LogP contribution in [0, 0.1) is 5.92 Å². The third-order valence-electron chi connectivity index (χ3n) is 5.98. The van der Waals surface area contributed by atoms with Crippen molar-refractivity contribution in [3.8, 4) is 11.1 Å². The maximum absolute atomic E-state index is 12.8. The quantitative estimate of drug-likeness (QED) is 0.556. The van der Waals surface area contributed by atoms with Crippen molar-refractivity contribution in [2.75, 3.05) is 5.32 Å². The van der Waals surface area contributed by atoms with E-state index in [0.29, 0.717) is 18.4 Å². The maximum atomic E-state index is 12.8. The lowest BCUT2D eigenvalue weighted by Crippen LogP contribution is -2.21. The van der Waals surface area contributed by atoms with E-state index in [1.165, 1.54) is 0 Å². The molecule has 0 aliphatic heterocycles. The molecular weight excluding hydrogens is 374 g/mol. The number of hydrogen-bond acceptors (Lipinski definition) is 2. The van der Waals surface area contributed by atoms with Gasteiger partial charge < -0.3 is 10.4 Å². The zero-order valence-electron chi connectivity index (χ0n) is 16.8. The van der Waals surface area contributed by atoms with Gasteiger partial charge in [-0.15, -0.1) is 0 Å². The molecule has 4 rings (SSSR count). The van der Waals surface area contributed by atoms with Crippen LogP contribution in [0.1, 0.15) is 47.5 Å². The molecular formula is C26H25NO3. The third kappa shape index (κ3) is 4.43. The Morgan fingerprint density at radius 3 is 2.00 bits per heavy atom. The number of hydrogen-bond donors (Lipinski definition) is 2. The van der Waals surface area contributed by atoms with Crippen molar-refractivity contribution in [1.82, 2.24) is 0 Å². The molecule has 4 heteroatoms. The molecule has 30 heavy (non-hydrogen) atoms. The standard InChI is InChI=1S/C26H25NO3/c28-25(21-14-10-19(11-15-21)18-6-2-1-3-7-18)27-24-9-5-4-8-23(24)20-12-16-22(17-13-20)26(29)30/h1-11,14-15,20,22H,12-13,16-17H2,(H,27,28)(H,29,30). The highest BCUT2D eigenvalue weighted by atomic mass is 16.4. The maximum Gasteiger partial charge on any atom is 0.306 e. The lowest BCUT2D eigenvalue weighted by Gasteiger charge is -2.28. The van der Waals surface area contributed by atoms with Gasteiger partial charge in [-0.2, -0.15) is 0 Å². The molecule has 0 radical (unpaired) electrons. The molecule has 3 aromatic rings. The van der Waals surface area contributed by atoms with Crippen molar-refractivity contribution < 1.29 is 14.7 Å². The Morgan fingerprint density at radius 2 is 1.33 bits per heavy atom. The van der Waals surface area contributed by atoms with Crippen LogP contribution in [0.2, 0.25) is 0 Å². The second-order valence-electron chi connectivity index (χ2n) is 7.87. The molecule has 0 saturated heterocycles. The largest absolute Gasteiger partial charge is 0.481 e. The molecule has 2 N–H and O–H groups in total. The summed E-state index contributed by atoms with van der Waals surface area (Å²) in [6.07, 6.45) is 3.03. The number of nitrogens with one attached hydrogen (secondary N) is 1. The summed E-state index contributed by atoms with van der Waals surface area (Å²) in [5, 5.41) is 12.3. The predicted octanol–water partition coefficient (Wildman–Crippen LogP) is 5.96. The first-order chi connectivity index (χ1) is 14.6. The fourth-order valence-electron chi connectivity index (χ4n) is 4.26. The molecule has 1 fully saturated rings. The van der Waals surface area contributed by atoms with Gasteiger partial charge in [-0.25, -0.2) is 0 Å². The fraction of sp³-hybridized carbons (Fsp3) is 0.231. The molecule has 0 aromatic heterocycles. The zero-order valence-corrected chi connectivity index (χ0v) is 16.8. The first-order valence-corrected chi connectivity index (χ1v) is 10.4. The van der Waals surface area contributed by atoms with E-state index in [0.717, 1.165) is 35.2 Å². The smallest absolute Gasteiger partial charge is 0.306 e. The summed E-state index contributed by atoms with van der Waals surface area (Å²) in [4.78, 5) is 24.1. The van der Waals surface area contributed by atoms with E-state index in [9.17, 15) is 14.7 Å². The number of amides is 1. The summed E-state index contributed by atoms with van der Waals surface area (Å²) < 4.78 is 0. The highest BCUT2D eigenvalue weighted by Gasteiger charge is 2.28. The van der Waals surface area contributed by atoms with Crippen molar-refractivity contribution in [3.63, 3.8) is 0 Å². The van der Waals surface area contributed by atoms with Gasteiger partial charge in [0.2, 0.25) is 0 Å². The molecule has 0 bridgehead atoms. The van der Waals surface area contributed by atoms with Gasteiger partial charge in [0, 0.05) is 11.3 Å². The number of anilines is 1. The first kappa shape index (κ1) is 19.9. The minimum atomic E-state index is -0.700. The summed E-state index contributed by atoms with van der Waals surface area (Å²) in [6.45, 7) is 0. The molecule has 1 saturated carbocycles. The number of aliphatic carboxylic acids is 1. The molecule has 152 valence electrons. The van der Waals surface area contributed by atoms with Crippen molar-refractivity contribution >= 4 is 17.6 Å². The van der Waals surface area contributed by atoms with E-state index < -0.39 is 5.97 Å². The third-order valence-corrected chi connectivity index (χ3v) is 5.98. The van der Waals surface area contributed by atoms with Crippen molar-refractivity contribution in [2.45, 2.75) is 31.6 Å². The zero-order chi connectivity index (χ0) is 20.9. The fourth-order valence-corrected chi connectivity index (χ4v) is 4.26. The summed E-state index contributed by atoms with van der Waals surface area (Å²) in [5.74, 6) is -0.807.